The number of carbonyl (C=O) groups excluding carboxylic acids is 1. The van der Waals surface area contributed by atoms with Gasteiger partial charge in [-0.3, -0.25) is 9.69 Å². The van der Waals surface area contributed by atoms with Gasteiger partial charge in [-0.25, -0.2) is 4.79 Å². The predicted octanol–water partition coefficient (Wildman–Crippen LogP) is 0.625. The summed E-state index contributed by atoms with van der Waals surface area (Å²) in [6.07, 6.45) is -0.431. The topological polar surface area (TPSA) is 86.9 Å². The fourth-order valence-electron chi connectivity index (χ4n) is 1.95. The van der Waals surface area contributed by atoms with Crippen LogP contribution in [0.1, 0.15) is 5.56 Å². The number of nitrogens with zero attached hydrogens (tertiary/aromatic N) is 2. The van der Waals surface area contributed by atoms with Crippen LogP contribution in [0.25, 0.3) is 0 Å². The Hall–Kier alpha value is -2.08. The maximum atomic E-state index is 11.1. The van der Waals surface area contributed by atoms with Gasteiger partial charge in [-0.1, -0.05) is 30.3 Å². The molecular formula is C14H21N3O3. The zero-order chi connectivity index (χ0) is 15.1. The van der Waals surface area contributed by atoms with Crippen LogP contribution in [0.2, 0.25) is 0 Å². The van der Waals surface area contributed by atoms with Crippen molar-refractivity contribution < 1.29 is 14.7 Å². The van der Waals surface area contributed by atoms with E-state index in [-0.39, 0.29) is 19.1 Å². The van der Waals surface area contributed by atoms with E-state index in [0.717, 1.165) is 10.5 Å². The molecule has 0 saturated carbocycles. The first kappa shape index (κ1) is 16.0. The number of benzene rings is 1. The number of hydrogen-bond donors (Lipinski definition) is 2. The minimum Gasteiger partial charge on any atom is -0.465 e. The molecule has 110 valence electrons. The molecule has 0 radical (unpaired) electrons. The second-order valence-corrected chi connectivity index (χ2v) is 4.94. The summed E-state index contributed by atoms with van der Waals surface area (Å²) in [7, 11) is 3.77. The number of carboxylic acid groups (broad SMARTS) is 1. The van der Waals surface area contributed by atoms with Crippen LogP contribution in [-0.4, -0.2) is 60.1 Å². The minimum atomic E-state index is -1.14. The minimum absolute atomic E-state index is 0.0205. The van der Waals surface area contributed by atoms with Crippen molar-refractivity contribution in [3.63, 3.8) is 0 Å². The lowest BCUT2D eigenvalue weighted by Crippen LogP contribution is -2.46. The summed E-state index contributed by atoms with van der Waals surface area (Å²) in [4.78, 5) is 25.1. The van der Waals surface area contributed by atoms with E-state index in [4.69, 9.17) is 10.8 Å². The molecule has 1 aromatic rings. The average molecular weight is 279 g/mol. The maximum Gasteiger partial charge on any atom is 0.407 e. The molecule has 1 rings (SSSR count). The molecule has 0 bridgehead atoms. The van der Waals surface area contributed by atoms with Gasteiger partial charge in [0.2, 0.25) is 5.91 Å². The van der Waals surface area contributed by atoms with Crippen molar-refractivity contribution in [3.8, 4) is 0 Å². The number of amides is 2. The van der Waals surface area contributed by atoms with E-state index >= 15 is 0 Å². The number of rotatable bonds is 7. The van der Waals surface area contributed by atoms with E-state index < -0.39 is 12.0 Å². The van der Waals surface area contributed by atoms with Crippen molar-refractivity contribution in [3.05, 3.63) is 35.9 Å². The summed E-state index contributed by atoms with van der Waals surface area (Å²) in [5.74, 6) is -0.649. The summed E-state index contributed by atoms with van der Waals surface area (Å²) in [5, 5.41) is 9.12. The van der Waals surface area contributed by atoms with Crippen molar-refractivity contribution in [2.75, 3.05) is 27.2 Å². The van der Waals surface area contributed by atoms with E-state index in [1.54, 1.807) is 0 Å². The molecule has 0 fully saturated rings. The highest BCUT2D eigenvalue weighted by molar-refractivity contribution is 5.80. The molecule has 0 aliphatic rings. The van der Waals surface area contributed by atoms with Crippen molar-refractivity contribution >= 4 is 12.0 Å². The number of nitrogens with two attached hydrogens (primary N) is 1. The standard InChI is InChI=1S/C14H21N3O3/c1-16(2)12(8-11-6-4-3-5-7-11)9-17(14(19)20)10-13(15)18/h3-7,12H,8-10H2,1-2H3,(H2,15,18)(H,19,20)/t12-/m1/s1. The number of carbonyl (C=O) groups is 2. The number of likely N-dealkylation sites (N-methyl/N-ethyl adjacent to an activating group) is 1. The van der Waals surface area contributed by atoms with E-state index in [2.05, 4.69) is 0 Å². The first-order valence-corrected chi connectivity index (χ1v) is 6.36. The monoisotopic (exact) mass is 279 g/mol. The van der Waals surface area contributed by atoms with E-state index in [9.17, 15) is 9.59 Å². The first-order chi connectivity index (χ1) is 9.40. The van der Waals surface area contributed by atoms with Crippen LogP contribution >= 0.6 is 0 Å². The molecule has 6 nitrogen and oxygen atoms in total. The van der Waals surface area contributed by atoms with Crippen molar-refractivity contribution in [2.24, 2.45) is 5.73 Å². The molecule has 1 aromatic carbocycles. The van der Waals surface area contributed by atoms with Crippen LogP contribution in [0.3, 0.4) is 0 Å². The largest absolute Gasteiger partial charge is 0.465 e. The third-order valence-corrected chi connectivity index (χ3v) is 3.09. The summed E-state index contributed by atoms with van der Waals surface area (Å²) in [6.45, 7) is -0.0470. The molecule has 0 aromatic heterocycles. The second-order valence-electron chi connectivity index (χ2n) is 4.94. The lowest BCUT2D eigenvalue weighted by atomic mass is 10.0. The summed E-state index contributed by atoms with van der Waals surface area (Å²) >= 11 is 0. The normalized spacial score (nSPS) is 12.2. The SMILES string of the molecule is CN(C)[C@H](Cc1ccccc1)CN(CC(N)=O)C(=O)O. The molecule has 0 aliphatic carbocycles. The quantitative estimate of drug-likeness (QED) is 0.766. The predicted molar refractivity (Wildman–Crippen MR) is 76.4 cm³/mol. The number of primary amides is 1. The van der Waals surface area contributed by atoms with Gasteiger partial charge in [0.15, 0.2) is 0 Å². The number of hydrogen-bond acceptors (Lipinski definition) is 3. The highest BCUT2D eigenvalue weighted by Crippen LogP contribution is 2.08. The smallest absolute Gasteiger partial charge is 0.407 e. The Bertz CT molecular complexity index is 448. The van der Waals surface area contributed by atoms with Crippen LogP contribution < -0.4 is 5.73 Å². The van der Waals surface area contributed by atoms with Crippen LogP contribution in [0.4, 0.5) is 4.79 Å². The maximum absolute atomic E-state index is 11.1. The average Bonchev–Trinajstić information content (AvgIpc) is 2.37. The lowest BCUT2D eigenvalue weighted by molar-refractivity contribution is -0.119. The molecule has 20 heavy (non-hydrogen) atoms. The van der Waals surface area contributed by atoms with Gasteiger partial charge in [0, 0.05) is 12.6 Å². The first-order valence-electron chi connectivity index (χ1n) is 6.36. The Morgan fingerprint density at radius 2 is 1.85 bits per heavy atom. The molecular weight excluding hydrogens is 258 g/mol. The third-order valence-electron chi connectivity index (χ3n) is 3.09. The van der Waals surface area contributed by atoms with Crippen molar-refractivity contribution in [1.82, 2.24) is 9.80 Å². The van der Waals surface area contributed by atoms with Gasteiger partial charge >= 0.3 is 6.09 Å². The second kappa shape index (κ2) is 7.49. The molecule has 3 N–H and O–H groups in total. The van der Waals surface area contributed by atoms with Gasteiger partial charge in [0.05, 0.1) is 0 Å². The molecule has 0 saturated heterocycles. The Morgan fingerprint density at radius 1 is 1.25 bits per heavy atom. The Kier molecular flexibility index (Phi) is 5.99. The van der Waals surface area contributed by atoms with E-state index in [1.165, 1.54) is 0 Å². The highest BCUT2D eigenvalue weighted by atomic mass is 16.4. The lowest BCUT2D eigenvalue weighted by Gasteiger charge is -2.29. The molecule has 6 heteroatoms. The summed E-state index contributed by atoms with van der Waals surface area (Å²) < 4.78 is 0. The molecule has 0 heterocycles. The highest BCUT2D eigenvalue weighted by Gasteiger charge is 2.21. The fraction of sp³-hybridized carbons (Fsp3) is 0.429. The Morgan fingerprint density at radius 3 is 2.30 bits per heavy atom. The van der Waals surface area contributed by atoms with Gasteiger partial charge in [-0.05, 0) is 26.1 Å². The van der Waals surface area contributed by atoms with E-state index in [0.29, 0.717) is 6.42 Å². The Balaban J connectivity index is 2.75. The zero-order valence-electron chi connectivity index (χ0n) is 11.8. The summed E-state index contributed by atoms with van der Waals surface area (Å²) in [5.41, 5.74) is 6.20. The fourth-order valence-corrected chi connectivity index (χ4v) is 1.95. The van der Waals surface area contributed by atoms with Gasteiger partial charge in [-0.2, -0.15) is 0 Å². The van der Waals surface area contributed by atoms with E-state index in [1.807, 2.05) is 49.3 Å². The van der Waals surface area contributed by atoms with Gasteiger partial charge in [0.1, 0.15) is 6.54 Å². The van der Waals surface area contributed by atoms with Crippen LogP contribution in [0.15, 0.2) is 30.3 Å². The molecule has 0 spiro atoms. The van der Waals surface area contributed by atoms with Gasteiger partial charge < -0.3 is 15.7 Å². The summed E-state index contributed by atoms with van der Waals surface area (Å²) in [6, 6.07) is 9.80. The van der Waals surface area contributed by atoms with Crippen molar-refractivity contribution in [1.29, 1.82) is 0 Å². The van der Waals surface area contributed by atoms with Crippen LogP contribution in [0, 0.1) is 0 Å². The molecule has 0 aliphatic heterocycles. The molecule has 0 unspecified atom stereocenters. The van der Waals surface area contributed by atoms with Crippen molar-refractivity contribution in [2.45, 2.75) is 12.5 Å². The van der Waals surface area contributed by atoms with Crippen LogP contribution in [-0.2, 0) is 11.2 Å². The molecule has 2 amide bonds. The zero-order valence-corrected chi connectivity index (χ0v) is 11.8. The van der Waals surface area contributed by atoms with Gasteiger partial charge in [0.25, 0.3) is 0 Å². The molecule has 1 atom stereocenters. The van der Waals surface area contributed by atoms with Crippen LogP contribution in [0.5, 0.6) is 0 Å². The Labute approximate surface area is 118 Å². The van der Waals surface area contributed by atoms with Gasteiger partial charge in [-0.15, -0.1) is 0 Å². The third kappa shape index (κ3) is 5.27.